The fraction of sp³-hybridized carbons (Fsp3) is 0.316. The van der Waals surface area contributed by atoms with Gasteiger partial charge in [-0.1, -0.05) is 24.3 Å². The summed E-state index contributed by atoms with van der Waals surface area (Å²) in [4.78, 5) is 11.5. The first-order valence-corrected chi connectivity index (χ1v) is 8.23. The number of para-hydroxylation sites is 1. The smallest absolute Gasteiger partial charge is 0.379 e. The Morgan fingerprint density at radius 2 is 1.81 bits per heavy atom. The maximum absolute atomic E-state index is 14.3. The summed E-state index contributed by atoms with van der Waals surface area (Å²) in [5.41, 5.74) is 7.89. The highest BCUT2D eigenvalue weighted by molar-refractivity contribution is 6.08. The fourth-order valence-electron chi connectivity index (χ4n) is 3.17. The van der Waals surface area contributed by atoms with Crippen LogP contribution in [0.2, 0.25) is 0 Å². The summed E-state index contributed by atoms with van der Waals surface area (Å²) >= 11 is 0. The lowest BCUT2D eigenvalue weighted by Crippen LogP contribution is -2.41. The Bertz CT molecular complexity index is 940. The predicted octanol–water partition coefficient (Wildman–Crippen LogP) is 4.43. The monoisotopic (exact) mass is 382 g/mol. The SMILES string of the molecule is CCOC(=O)C(F)(F)[C@H](N)c1ccc2c(c1)c1ccccc1n2CC.Cl. The van der Waals surface area contributed by atoms with Gasteiger partial charge in [-0.05, 0) is 37.6 Å². The average molecular weight is 383 g/mol. The summed E-state index contributed by atoms with van der Waals surface area (Å²) in [6.45, 7) is 4.14. The van der Waals surface area contributed by atoms with E-state index in [-0.39, 0.29) is 24.6 Å². The van der Waals surface area contributed by atoms with E-state index in [9.17, 15) is 13.6 Å². The fourth-order valence-corrected chi connectivity index (χ4v) is 3.17. The minimum absolute atomic E-state index is 0. The minimum Gasteiger partial charge on any atom is -0.462 e. The van der Waals surface area contributed by atoms with E-state index in [0.29, 0.717) is 0 Å². The summed E-state index contributed by atoms with van der Waals surface area (Å²) in [5, 5.41) is 1.80. The van der Waals surface area contributed by atoms with Gasteiger partial charge in [-0.25, -0.2) is 4.79 Å². The number of hydrogen-bond acceptors (Lipinski definition) is 3. The van der Waals surface area contributed by atoms with Crippen LogP contribution in [0.4, 0.5) is 8.78 Å². The first kappa shape index (κ1) is 20.1. The minimum atomic E-state index is -3.78. The van der Waals surface area contributed by atoms with Gasteiger partial charge in [0.05, 0.1) is 6.61 Å². The first-order valence-electron chi connectivity index (χ1n) is 8.23. The molecule has 0 saturated heterocycles. The van der Waals surface area contributed by atoms with Crippen molar-refractivity contribution in [3.63, 3.8) is 0 Å². The van der Waals surface area contributed by atoms with Crippen LogP contribution in [0.1, 0.15) is 25.5 Å². The molecule has 0 fully saturated rings. The molecule has 7 heteroatoms. The molecular formula is C19H21ClF2N2O2. The summed E-state index contributed by atoms with van der Waals surface area (Å²) in [6, 6.07) is 11.0. The molecule has 0 aliphatic heterocycles. The van der Waals surface area contributed by atoms with E-state index in [1.165, 1.54) is 6.92 Å². The number of aromatic nitrogens is 1. The molecule has 3 rings (SSSR count). The number of fused-ring (bicyclic) bond motifs is 3. The van der Waals surface area contributed by atoms with Crippen molar-refractivity contribution in [2.24, 2.45) is 5.73 Å². The van der Waals surface area contributed by atoms with Crippen molar-refractivity contribution in [1.82, 2.24) is 4.57 Å². The number of esters is 1. The Hall–Kier alpha value is -2.18. The molecule has 1 aromatic heterocycles. The number of nitrogens with two attached hydrogens (primary N) is 1. The molecule has 0 spiro atoms. The van der Waals surface area contributed by atoms with E-state index in [1.807, 2.05) is 31.2 Å². The van der Waals surface area contributed by atoms with Crippen molar-refractivity contribution >= 4 is 40.2 Å². The number of rotatable bonds is 5. The lowest BCUT2D eigenvalue weighted by molar-refractivity contribution is -0.174. The quantitative estimate of drug-likeness (QED) is 0.664. The summed E-state index contributed by atoms with van der Waals surface area (Å²) in [7, 11) is 0. The number of nitrogens with zero attached hydrogens (tertiary/aromatic N) is 1. The second kappa shape index (κ2) is 7.60. The molecule has 4 nitrogen and oxygen atoms in total. The third-order valence-electron chi connectivity index (χ3n) is 4.41. The van der Waals surface area contributed by atoms with Gasteiger partial charge in [0.1, 0.15) is 6.04 Å². The van der Waals surface area contributed by atoms with Crippen molar-refractivity contribution in [3.8, 4) is 0 Å². The normalized spacial score (nSPS) is 12.8. The third kappa shape index (κ3) is 3.15. The zero-order valence-corrected chi connectivity index (χ0v) is 15.4. The van der Waals surface area contributed by atoms with Crippen LogP contribution in [0.25, 0.3) is 21.8 Å². The van der Waals surface area contributed by atoms with Gasteiger partial charge in [0.2, 0.25) is 0 Å². The third-order valence-corrected chi connectivity index (χ3v) is 4.41. The maximum atomic E-state index is 14.3. The van der Waals surface area contributed by atoms with E-state index in [1.54, 1.807) is 18.2 Å². The molecule has 1 atom stereocenters. The van der Waals surface area contributed by atoms with E-state index < -0.39 is 17.9 Å². The molecule has 0 aliphatic carbocycles. The van der Waals surface area contributed by atoms with Crippen molar-refractivity contribution in [2.45, 2.75) is 32.4 Å². The highest BCUT2D eigenvalue weighted by Gasteiger charge is 2.47. The topological polar surface area (TPSA) is 57.2 Å². The van der Waals surface area contributed by atoms with E-state index >= 15 is 0 Å². The number of carbonyl (C=O) groups excluding carboxylic acids is 1. The predicted molar refractivity (Wildman–Crippen MR) is 101 cm³/mol. The average Bonchev–Trinajstić information content (AvgIpc) is 2.94. The van der Waals surface area contributed by atoms with Crippen LogP contribution >= 0.6 is 12.4 Å². The van der Waals surface area contributed by atoms with Crippen LogP contribution in [0.15, 0.2) is 42.5 Å². The number of aryl methyl sites for hydroxylation is 1. The summed E-state index contributed by atoms with van der Waals surface area (Å²) in [6.07, 6.45) is 0. The van der Waals surface area contributed by atoms with Crippen LogP contribution in [0, 0.1) is 0 Å². The number of ether oxygens (including phenoxy) is 1. The number of benzene rings is 2. The number of carbonyl (C=O) groups is 1. The number of hydrogen-bond donors (Lipinski definition) is 1. The Kier molecular flexibility index (Phi) is 5.88. The van der Waals surface area contributed by atoms with E-state index in [2.05, 4.69) is 9.30 Å². The van der Waals surface area contributed by atoms with Gasteiger partial charge in [-0.3, -0.25) is 0 Å². The summed E-state index contributed by atoms with van der Waals surface area (Å²) in [5.74, 6) is -5.38. The first-order chi connectivity index (χ1) is 11.9. The van der Waals surface area contributed by atoms with Crippen LogP contribution < -0.4 is 5.73 Å². The van der Waals surface area contributed by atoms with Crippen molar-refractivity contribution in [3.05, 3.63) is 48.0 Å². The van der Waals surface area contributed by atoms with Gasteiger partial charge in [-0.2, -0.15) is 8.78 Å². The summed E-state index contributed by atoms with van der Waals surface area (Å²) < 4.78 is 35.1. The van der Waals surface area contributed by atoms with Gasteiger partial charge >= 0.3 is 11.9 Å². The number of alkyl halides is 2. The maximum Gasteiger partial charge on any atom is 0.379 e. The molecule has 0 saturated carbocycles. The Morgan fingerprint density at radius 3 is 2.46 bits per heavy atom. The standard InChI is InChI=1S/C19H20F2N2O2.ClH/c1-3-23-15-8-6-5-7-13(15)14-11-12(9-10-16(14)23)17(22)19(20,21)18(24)25-4-2;/h5-11,17H,3-4,22H2,1-2H3;1H/t17-;/m1./s1. The lowest BCUT2D eigenvalue weighted by Gasteiger charge is -2.22. The van der Waals surface area contributed by atoms with Crippen molar-refractivity contribution < 1.29 is 18.3 Å². The molecule has 3 aromatic rings. The second-order valence-electron chi connectivity index (χ2n) is 5.86. The molecule has 0 unspecified atom stereocenters. The van der Waals surface area contributed by atoms with E-state index in [4.69, 9.17) is 5.73 Å². The van der Waals surface area contributed by atoms with Crippen LogP contribution in [-0.2, 0) is 16.1 Å². The largest absolute Gasteiger partial charge is 0.462 e. The molecule has 26 heavy (non-hydrogen) atoms. The Balaban J connectivity index is 0.00000243. The molecular weight excluding hydrogens is 362 g/mol. The van der Waals surface area contributed by atoms with Gasteiger partial charge in [0, 0.05) is 28.4 Å². The molecule has 0 bridgehead atoms. The molecule has 2 N–H and O–H groups in total. The van der Waals surface area contributed by atoms with Gasteiger partial charge < -0.3 is 15.0 Å². The highest BCUT2D eigenvalue weighted by atomic mass is 35.5. The molecule has 140 valence electrons. The zero-order valence-electron chi connectivity index (χ0n) is 14.5. The van der Waals surface area contributed by atoms with Crippen molar-refractivity contribution in [2.75, 3.05) is 6.61 Å². The Morgan fingerprint density at radius 1 is 1.15 bits per heavy atom. The second-order valence-corrected chi connectivity index (χ2v) is 5.86. The molecule has 0 aliphatic rings. The number of halogens is 3. The van der Waals surface area contributed by atoms with Gasteiger partial charge in [-0.15, -0.1) is 12.4 Å². The molecule has 0 amide bonds. The van der Waals surface area contributed by atoms with Gasteiger partial charge in [0.25, 0.3) is 0 Å². The molecule has 2 aromatic carbocycles. The van der Waals surface area contributed by atoms with Crippen molar-refractivity contribution in [1.29, 1.82) is 0 Å². The highest BCUT2D eigenvalue weighted by Crippen LogP contribution is 2.35. The molecule has 1 heterocycles. The molecule has 0 radical (unpaired) electrons. The van der Waals surface area contributed by atoms with Crippen LogP contribution in [-0.4, -0.2) is 23.1 Å². The van der Waals surface area contributed by atoms with E-state index in [0.717, 1.165) is 28.4 Å². The zero-order chi connectivity index (χ0) is 18.2. The van der Waals surface area contributed by atoms with Crippen LogP contribution in [0.5, 0.6) is 0 Å². The Labute approximate surface area is 156 Å². The van der Waals surface area contributed by atoms with Gasteiger partial charge in [0.15, 0.2) is 0 Å². The lowest BCUT2D eigenvalue weighted by atomic mass is 9.99. The van der Waals surface area contributed by atoms with Crippen LogP contribution in [0.3, 0.4) is 0 Å².